The molecule has 1 aliphatic heterocycles. The molecule has 5 nitrogen and oxygen atoms in total. The SMILES string of the molecule is C=C/C=C\C=C/CCOC(=O)N(C)C1CCC(CCN2CCC(NCCC)CC2)(c2ccccc2)CC1. The smallest absolute Gasteiger partial charge is 0.409 e. The third-order valence-corrected chi connectivity index (χ3v) is 8.32. The standard InChI is InChI=1S/C32H49N3O2/c1-4-6-7-8-9-13-27-37-31(36)34(3)30-16-20-32(21-17-30,28-14-11-10-12-15-28)22-26-35-24-18-29(19-25-35)33-23-5-2/h4,6-12,14-15,29-30,33H,1,5,13,16-27H2,2-3H3/b7-6-,9-8-. The summed E-state index contributed by atoms with van der Waals surface area (Å²) in [7, 11) is 1.90. The summed E-state index contributed by atoms with van der Waals surface area (Å²) in [6.45, 7) is 11.0. The molecule has 1 heterocycles. The van der Waals surface area contributed by atoms with Crippen molar-refractivity contribution in [3.63, 3.8) is 0 Å². The monoisotopic (exact) mass is 507 g/mol. The van der Waals surface area contributed by atoms with Crippen molar-refractivity contribution in [3.05, 3.63) is 72.9 Å². The van der Waals surface area contributed by atoms with E-state index in [0.717, 1.165) is 45.2 Å². The lowest BCUT2D eigenvalue weighted by Gasteiger charge is -2.44. The molecule has 2 fully saturated rings. The van der Waals surface area contributed by atoms with Crippen molar-refractivity contribution in [1.82, 2.24) is 15.1 Å². The van der Waals surface area contributed by atoms with E-state index in [9.17, 15) is 4.79 Å². The minimum absolute atomic E-state index is 0.198. The van der Waals surface area contributed by atoms with Gasteiger partial charge >= 0.3 is 6.09 Å². The fourth-order valence-corrected chi connectivity index (χ4v) is 5.88. The lowest BCUT2D eigenvalue weighted by atomic mass is 9.66. The first-order valence-corrected chi connectivity index (χ1v) is 14.4. The molecule has 1 N–H and O–H groups in total. The van der Waals surface area contributed by atoms with Gasteiger partial charge in [0.25, 0.3) is 0 Å². The van der Waals surface area contributed by atoms with Gasteiger partial charge in [-0.25, -0.2) is 4.79 Å². The Balaban J connectivity index is 1.50. The van der Waals surface area contributed by atoms with Crippen LogP contribution >= 0.6 is 0 Å². The molecule has 0 spiro atoms. The molecule has 0 aromatic heterocycles. The molecule has 1 aliphatic carbocycles. The zero-order chi connectivity index (χ0) is 26.3. The number of rotatable bonds is 13. The Morgan fingerprint density at radius 2 is 1.86 bits per heavy atom. The Hall–Kier alpha value is -2.37. The van der Waals surface area contributed by atoms with E-state index in [1.165, 1.54) is 44.3 Å². The Labute approximate surface area is 225 Å². The number of piperidine rings is 1. The predicted molar refractivity (Wildman–Crippen MR) is 155 cm³/mol. The highest BCUT2D eigenvalue weighted by Crippen LogP contribution is 2.43. The minimum Gasteiger partial charge on any atom is -0.449 e. The van der Waals surface area contributed by atoms with Gasteiger partial charge in [0.2, 0.25) is 0 Å². The molecule has 204 valence electrons. The number of nitrogens with one attached hydrogen (secondary N) is 1. The average Bonchev–Trinajstić information content (AvgIpc) is 2.95. The quantitative estimate of drug-likeness (QED) is 0.245. The van der Waals surface area contributed by atoms with Crippen LogP contribution in [0.15, 0.2) is 67.3 Å². The fraction of sp³-hybridized carbons (Fsp3) is 0.594. The van der Waals surface area contributed by atoms with Crippen LogP contribution in [0.2, 0.25) is 0 Å². The molecule has 1 aromatic carbocycles. The third kappa shape index (κ3) is 9.15. The molecular weight excluding hydrogens is 458 g/mol. The maximum Gasteiger partial charge on any atom is 0.409 e. The summed E-state index contributed by atoms with van der Waals surface area (Å²) in [6.07, 6.45) is 19.2. The summed E-state index contributed by atoms with van der Waals surface area (Å²) >= 11 is 0. The molecule has 37 heavy (non-hydrogen) atoms. The van der Waals surface area contributed by atoms with Crippen LogP contribution in [0.4, 0.5) is 4.79 Å². The van der Waals surface area contributed by atoms with Crippen LogP contribution in [0.3, 0.4) is 0 Å². The number of nitrogens with zero attached hydrogens (tertiary/aromatic N) is 2. The van der Waals surface area contributed by atoms with Crippen LogP contribution in [0.25, 0.3) is 0 Å². The van der Waals surface area contributed by atoms with Crippen LogP contribution in [0, 0.1) is 0 Å². The van der Waals surface area contributed by atoms with E-state index in [1.807, 2.05) is 36.3 Å². The molecular formula is C32H49N3O2. The van der Waals surface area contributed by atoms with Crippen molar-refractivity contribution in [2.45, 2.75) is 82.2 Å². The number of hydrogen-bond acceptors (Lipinski definition) is 4. The fourth-order valence-electron chi connectivity index (χ4n) is 5.88. The van der Waals surface area contributed by atoms with Gasteiger partial charge in [-0.2, -0.15) is 0 Å². The highest BCUT2D eigenvalue weighted by molar-refractivity contribution is 5.67. The van der Waals surface area contributed by atoms with Crippen LogP contribution in [-0.4, -0.2) is 67.8 Å². The summed E-state index contributed by atoms with van der Waals surface area (Å²) in [5, 5.41) is 3.70. The first-order chi connectivity index (χ1) is 18.1. The van der Waals surface area contributed by atoms with E-state index in [-0.39, 0.29) is 17.6 Å². The van der Waals surface area contributed by atoms with Gasteiger partial charge in [0, 0.05) is 19.1 Å². The Kier molecular flexibility index (Phi) is 12.5. The van der Waals surface area contributed by atoms with Crippen molar-refractivity contribution in [2.75, 3.05) is 39.8 Å². The number of carbonyl (C=O) groups excluding carboxylic acids is 1. The number of hydrogen-bond donors (Lipinski definition) is 1. The van der Waals surface area contributed by atoms with Gasteiger partial charge in [-0.05, 0) is 94.9 Å². The number of amides is 1. The molecule has 1 aromatic rings. The summed E-state index contributed by atoms with van der Waals surface area (Å²) < 4.78 is 5.54. The Morgan fingerprint density at radius 3 is 2.54 bits per heavy atom. The molecule has 1 saturated heterocycles. The number of likely N-dealkylation sites (tertiary alicyclic amines) is 1. The van der Waals surface area contributed by atoms with Gasteiger partial charge in [0.05, 0.1) is 6.61 Å². The van der Waals surface area contributed by atoms with Crippen molar-refractivity contribution < 1.29 is 9.53 Å². The normalized spacial score (nSPS) is 23.5. The first-order valence-electron chi connectivity index (χ1n) is 14.4. The molecule has 2 aliphatic rings. The van der Waals surface area contributed by atoms with Crippen LogP contribution < -0.4 is 5.32 Å². The van der Waals surface area contributed by atoms with Gasteiger partial charge in [-0.1, -0.05) is 74.2 Å². The van der Waals surface area contributed by atoms with Gasteiger partial charge in [-0.3, -0.25) is 0 Å². The zero-order valence-electron chi connectivity index (χ0n) is 23.2. The van der Waals surface area contributed by atoms with Crippen molar-refractivity contribution in [2.24, 2.45) is 0 Å². The number of ether oxygens (including phenoxy) is 1. The third-order valence-electron chi connectivity index (χ3n) is 8.32. The lowest BCUT2D eigenvalue weighted by Crippen LogP contribution is -2.46. The second kappa shape index (κ2) is 15.8. The minimum atomic E-state index is -0.202. The summed E-state index contributed by atoms with van der Waals surface area (Å²) in [5.41, 5.74) is 1.67. The Morgan fingerprint density at radius 1 is 1.14 bits per heavy atom. The molecule has 3 rings (SSSR count). The molecule has 1 saturated carbocycles. The first kappa shape index (κ1) is 29.2. The molecule has 0 bridgehead atoms. The highest BCUT2D eigenvalue weighted by Gasteiger charge is 2.39. The average molecular weight is 508 g/mol. The summed E-state index contributed by atoms with van der Waals surface area (Å²) in [4.78, 5) is 17.2. The Bertz CT molecular complexity index is 850. The maximum atomic E-state index is 12.7. The van der Waals surface area contributed by atoms with Gasteiger partial charge < -0.3 is 19.9 Å². The summed E-state index contributed by atoms with van der Waals surface area (Å²) in [6, 6.07) is 12.0. The van der Waals surface area contributed by atoms with Crippen molar-refractivity contribution in [3.8, 4) is 0 Å². The van der Waals surface area contributed by atoms with Crippen LogP contribution in [0.1, 0.15) is 70.3 Å². The van der Waals surface area contributed by atoms with Crippen LogP contribution in [-0.2, 0) is 10.2 Å². The summed E-state index contributed by atoms with van der Waals surface area (Å²) in [5.74, 6) is 0. The second-order valence-corrected chi connectivity index (χ2v) is 10.8. The number of benzene rings is 1. The molecule has 1 amide bonds. The van der Waals surface area contributed by atoms with E-state index in [4.69, 9.17) is 4.74 Å². The van der Waals surface area contributed by atoms with E-state index in [0.29, 0.717) is 12.6 Å². The van der Waals surface area contributed by atoms with E-state index in [1.54, 1.807) is 6.08 Å². The van der Waals surface area contributed by atoms with E-state index < -0.39 is 0 Å². The van der Waals surface area contributed by atoms with E-state index >= 15 is 0 Å². The van der Waals surface area contributed by atoms with Gasteiger partial charge in [-0.15, -0.1) is 0 Å². The zero-order valence-corrected chi connectivity index (χ0v) is 23.2. The molecule has 5 heteroatoms. The molecule has 0 radical (unpaired) electrons. The second-order valence-electron chi connectivity index (χ2n) is 10.8. The number of allylic oxidation sites excluding steroid dienone is 4. The number of carbonyl (C=O) groups is 1. The van der Waals surface area contributed by atoms with Crippen molar-refractivity contribution >= 4 is 6.09 Å². The maximum absolute atomic E-state index is 12.7. The predicted octanol–water partition coefficient (Wildman–Crippen LogP) is 6.48. The topological polar surface area (TPSA) is 44.8 Å². The highest BCUT2D eigenvalue weighted by atomic mass is 16.6. The van der Waals surface area contributed by atoms with Gasteiger partial charge in [0.15, 0.2) is 0 Å². The van der Waals surface area contributed by atoms with Gasteiger partial charge in [0.1, 0.15) is 0 Å². The molecule has 0 atom stereocenters. The molecule has 0 unspecified atom stereocenters. The van der Waals surface area contributed by atoms with Crippen molar-refractivity contribution in [1.29, 1.82) is 0 Å². The lowest BCUT2D eigenvalue weighted by molar-refractivity contribution is 0.0785. The largest absolute Gasteiger partial charge is 0.449 e. The van der Waals surface area contributed by atoms with Crippen LogP contribution in [0.5, 0.6) is 0 Å². The van der Waals surface area contributed by atoms with E-state index in [2.05, 4.69) is 54.1 Å².